The minimum absolute atomic E-state index is 0.0142. The summed E-state index contributed by atoms with van der Waals surface area (Å²) in [6.07, 6.45) is 3.12. The highest BCUT2D eigenvalue weighted by atomic mass is 19.1. The minimum Gasteiger partial charge on any atom is -0.297 e. The topological polar surface area (TPSA) is 40.6 Å². The lowest BCUT2D eigenvalue weighted by Gasteiger charge is -2.45. The van der Waals surface area contributed by atoms with Crippen LogP contribution in [-0.4, -0.2) is 33.8 Å². The molecule has 21 heavy (non-hydrogen) atoms. The van der Waals surface area contributed by atoms with E-state index < -0.39 is 0 Å². The standard InChI is InChI=1S/C16H17FN2O2/c17-12-3-1-2-10(6-12)9-18-15(21)8-14(20)16-11-4-5-13(7-11)19(16)18/h1-3,6,11,13,16H,4-5,7-9H2/t11-,13+,16-/m0/s1. The van der Waals surface area contributed by atoms with Gasteiger partial charge in [-0.1, -0.05) is 12.1 Å². The highest BCUT2D eigenvalue weighted by Gasteiger charge is 2.54. The van der Waals surface area contributed by atoms with Gasteiger partial charge in [-0.25, -0.2) is 9.40 Å². The van der Waals surface area contributed by atoms with E-state index >= 15 is 0 Å². The number of rotatable bonds is 2. The fourth-order valence-electron chi connectivity index (χ4n) is 4.17. The van der Waals surface area contributed by atoms with Crippen molar-refractivity contribution >= 4 is 11.7 Å². The zero-order valence-corrected chi connectivity index (χ0v) is 11.7. The Morgan fingerprint density at radius 3 is 2.90 bits per heavy atom. The van der Waals surface area contributed by atoms with Crippen LogP contribution >= 0.6 is 0 Å². The molecular formula is C16H17FN2O2. The summed E-state index contributed by atoms with van der Waals surface area (Å²) in [6.45, 7) is 0.351. The molecule has 5 heteroatoms. The number of hydrogen-bond acceptors (Lipinski definition) is 3. The molecule has 0 N–H and O–H groups in total. The Kier molecular flexibility index (Phi) is 2.85. The van der Waals surface area contributed by atoms with E-state index in [0.29, 0.717) is 18.5 Å². The van der Waals surface area contributed by atoms with Gasteiger partial charge in [-0.2, -0.15) is 0 Å². The molecule has 0 radical (unpaired) electrons. The molecule has 0 spiro atoms. The molecule has 2 aliphatic heterocycles. The number of benzene rings is 1. The number of halogens is 1. The molecule has 4 nitrogen and oxygen atoms in total. The smallest absolute Gasteiger partial charge is 0.244 e. The van der Waals surface area contributed by atoms with Gasteiger partial charge in [0, 0.05) is 6.04 Å². The van der Waals surface area contributed by atoms with E-state index in [1.807, 2.05) is 11.1 Å². The zero-order chi connectivity index (χ0) is 14.6. The van der Waals surface area contributed by atoms with Gasteiger partial charge in [-0.15, -0.1) is 0 Å². The normalized spacial score (nSPS) is 31.9. The lowest BCUT2D eigenvalue weighted by Crippen LogP contribution is -2.61. The lowest BCUT2D eigenvalue weighted by atomic mass is 9.92. The van der Waals surface area contributed by atoms with Gasteiger partial charge in [-0.05, 0) is 42.9 Å². The molecule has 2 heterocycles. The number of hydrazine groups is 1. The third kappa shape index (κ3) is 1.99. The van der Waals surface area contributed by atoms with Gasteiger partial charge in [-0.3, -0.25) is 14.6 Å². The Morgan fingerprint density at radius 1 is 1.24 bits per heavy atom. The van der Waals surface area contributed by atoms with E-state index in [2.05, 4.69) is 0 Å². The summed E-state index contributed by atoms with van der Waals surface area (Å²) in [5, 5.41) is 3.68. The van der Waals surface area contributed by atoms with E-state index in [4.69, 9.17) is 0 Å². The molecule has 1 saturated carbocycles. The first-order valence-corrected chi connectivity index (χ1v) is 7.49. The largest absolute Gasteiger partial charge is 0.297 e. The molecule has 3 fully saturated rings. The van der Waals surface area contributed by atoms with Crippen molar-refractivity contribution < 1.29 is 14.0 Å². The summed E-state index contributed by atoms with van der Waals surface area (Å²) in [4.78, 5) is 24.5. The Hall–Kier alpha value is -1.75. The van der Waals surface area contributed by atoms with E-state index in [0.717, 1.165) is 24.8 Å². The summed E-state index contributed by atoms with van der Waals surface area (Å²) in [6, 6.07) is 6.48. The number of carbonyl (C=O) groups is 2. The van der Waals surface area contributed by atoms with Crippen LogP contribution < -0.4 is 0 Å². The highest BCUT2D eigenvalue weighted by molar-refractivity contribution is 6.03. The third-order valence-corrected chi connectivity index (χ3v) is 4.99. The van der Waals surface area contributed by atoms with Crippen LogP contribution in [0.15, 0.2) is 24.3 Å². The second-order valence-corrected chi connectivity index (χ2v) is 6.28. The Bertz CT molecular complexity index is 618. The number of fused-ring (bicyclic) bond motifs is 5. The molecule has 2 bridgehead atoms. The number of Topliss-reactive ketones (excluding diaryl/α,β-unsaturated/α-hetero) is 1. The minimum atomic E-state index is -0.299. The van der Waals surface area contributed by atoms with Gasteiger partial charge in [0.05, 0.1) is 19.0 Å². The molecule has 1 aliphatic carbocycles. The van der Waals surface area contributed by atoms with Crippen molar-refractivity contribution in [3.8, 4) is 0 Å². The molecule has 1 amide bonds. The van der Waals surface area contributed by atoms with Gasteiger partial charge in [0.1, 0.15) is 5.82 Å². The van der Waals surface area contributed by atoms with Gasteiger partial charge < -0.3 is 0 Å². The van der Waals surface area contributed by atoms with Crippen LogP contribution in [0.3, 0.4) is 0 Å². The summed E-state index contributed by atoms with van der Waals surface area (Å²) < 4.78 is 13.3. The van der Waals surface area contributed by atoms with Crippen molar-refractivity contribution in [3.05, 3.63) is 35.6 Å². The number of nitrogens with zero attached hydrogens (tertiary/aromatic N) is 2. The van der Waals surface area contributed by atoms with E-state index in [1.54, 1.807) is 11.1 Å². The third-order valence-electron chi connectivity index (χ3n) is 4.99. The number of ketones is 1. The molecule has 4 rings (SSSR count). The molecule has 2 saturated heterocycles. The molecule has 0 aromatic heterocycles. The second kappa shape index (κ2) is 4.63. The van der Waals surface area contributed by atoms with Crippen LogP contribution in [0.25, 0.3) is 0 Å². The Morgan fingerprint density at radius 2 is 2.10 bits per heavy atom. The van der Waals surface area contributed by atoms with Crippen LogP contribution in [0.5, 0.6) is 0 Å². The lowest BCUT2D eigenvalue weighted by molar-refractivity contribution is -0.175. The summed E-state index contributed by atoms with van der Waals surface area (Å²) in [5.74, 6) is -0.00566. The molecule has 110 valence electrons. The second-order valence-electron chi connectivity index (χ2n) is 6.28. The average molecular weight is 288 g/mol. The van der Waals surface area contributed by atoms with Crippen LogP contribution in [0, 0.1) is 11.7 Å². The van der Waals surface area contributed by atoms with Gasteiger partial charge in [0.15, 0.2) is 5.78 Å². The van der Waals surface area contributed by atoms with Gasteiger partial charge >= 0.3 is 0 Å². The number of hydrogen-bond donors (Lipinski definition) is 0. The van der Waals surface area contributed by atoms with E-state index in [1.165, 1.54) is 12.1 Å². The maximum absolute atomic E-state index is 13.3. The van der Waals surface area contributed by atoms with Crippen LogP contribution in [0.1, 0.15) is 31.2 Å². The predicted molar refractivity (Wildman–Crippen MR) is 73.3 cm³/mol. The molecular weight excluding hydrogens is 271 g/mol. The van der Waals surface area contributed by atoms with E-state index in [-0.39, 0.29) is 30.0 Å². The Labute approximate surface area is 122 Å². The van der Waals surface area contributed by atoms with Crippen LogP contribution in [-0.2, 0) is 16.1 Å². The molecule has 0 unspecified atom stereocenters. The van der Waals surface area contributed by atoms with Crippen molar-refractivity contribution in [1.29, 1.82) is 0 Å². The first kappa shape index (κ1) is 13.0. The van der Waals surface area contributed by atoms with Crippen molar-refractivity contribution in [1.82, 2.24) is 10.0 Å². The molecule has 1 aromatic carbocycles. The summed E-state index contributed by atoms with van der Waals surface area (Å²) in [5.41, 5.74) is 0.763. The SMILES string of the molecule is O=C1CC(=O)N(Cc2cccc(F)c2)N2[C@@H]3CC[C@@H](C3)[C@@H]12. The van der Waals surface area contributed by atoms with Crippen molar-refractivity contribution in [2.75, 3.05) is 0 Å². The first-order valence-electron chi connectivity index (χ1n) is 7.49. The highest BCUT2D eigenvalue weighted by Crippen LogP contribution is 2.45. The zero-order valence-electron chi connectivity index (χ0n) is 11.7. The maximum Gasteiger partial charge on any atom is 0.244 e. The average Bonchev–Trinajstić information content (AvgIpc) is 3.04. The van der Waals surface area contributed by atoms with Crippen LogP contribution in [0.2, 0.25) is 0 Å². The summed E-state index contributed by atoms with van der Waals surface area (Å²) >= 11 is 0. The van der Waals surface area contributed by atoms with Gasteiger partial charge in [0.2, 0.25) is 5.91 Å². The van der Waals surface area contributed by atoms with Crippen molar-refractivity contribution in [2.24, 2.45) is 5.92 Å². The van der Waals surface area contributed by atoms with E-state index in [9.17, 15) is 14.0 Å². The van der Waals surface area contributed by atoms with Gasteiger partial charge in [0.25, 0.3) is 0 Å². The fourth-order valence-corrected chi connectivity index (χ4v) is 4.17. The molecule has 3 atom stereocenters. The van der Waals surface area contributed by atoms with Crippen molar-refractivity contribution in [2.45, 2.75) is 44.3 Å². The van der Waals surface area contributed by atoms with Crippen molar-refractivity contribution in [3.63, 3.8) is 0 Å². The molecule has 1 aromatic rings. The number of amides is 1. The summed E-state index contributed by atoms with van der Waals surface area (Å²) in [7, 11) is 0. The quantitative estimate of drug-likeness (QED) is 0.780. The Balaban J connectivity index is 1.64. The fraction of sp³-hybridized carbons (Fsp3) is 0.500. The van der Waals surface area contributed by atoms with Crippen LogP contribution in [0.4, 0.5) is 4.39 Å². The monoisotopic (exact) mass is 288 g/mol. The number of piperidine rings is 1. The first-order chi connectivity index (χ1) is 10.1. The predicted octanol–water partition coefficient (Wildman–Crippen LogP) is 1.90. The maximum atomic E-state index is 13.3. The number of carbonyl (C=O) groups excluding carboxylic acids is 2. The molecule has 3 aliphatic rings.